The molecule has 0 atom stereocenters. The summed E-state index contributed by atoms with van der Waals surface area (Å²) in [7, 11) is 1.61. The SMILES string of the molecule is C=C(NN=NC)c1ccccc1-c1ccc(CN2C(=O)C3(CCCC3)N=C2CCCC)cc1. The van der Waals surface area contributed by atoms with Crippen molar-refractivity contribution in [1.82, 2.24) is 10.3 Å². The number of nitrogens with zero attached hydrogens (tertiary/aromatic N) is 4. The zero-order valence-corrected chi connectivity index (χ0v) is 19.7. The number of rotatable bonds is 9. The minimum atomic E-state index is -0.481. The number of nitrogens with one attached hydrogen (secondary N) is 1. The summed E-state index contributed by atoms with van der Waals surface area (Å²) < 4.78 is 0. The Labute approximate surface area is 196 Å². The van der Waals surface area contributed by atoms with Crippen LogP contribution in [-0.2, 0) is 11.3 Å². The van der Waals surface area contributed by atoms with Gasteiger partial charge in [-0.1, -0.05) is 86.5 Å². The van der Waals surface area contributed by atoms with Crippen LogP contribution in [0, 0.1) is 0 Å². The van der Waals surface area contributed by atoms with Gasteiger partial charge in [0.05, 0.1) is 19.3 Å². The van der Waals surface area contributed by atoms with E-state index in [9.17, 15) is 4.79 Å². The molecule has 2 aromatic rings. The van der Waals surface area contributed by atoms with Crippen molar-refractivity contribution in [2.24, 2.45) is 15.3 Å². The smallest absolute Gasteiger partial charge is 0.256 e. The maximum absolute atomic E-state index is 13.4. The Morgan fingerprint density at radius 2 is 1.88 bits per heavy atom. The molecule has 0 bridgehead atoms. The fraction of sp³-hybridized carbons (Fsp3) is 0.407. The Bertz CT molecular complexity index is 1060. The van der Waals surface area contributed by atoms with Crippen LogP contribution in [0.4, 0.5) is 0 Å². The second-order valence-electron chi connectivity index (χ2n) is 8.89. The molecule has 1 aliphatic carbocycles. The summed E-state index contributed by atoms with van der Waals surface area (Å²) >= 11 is 0. The summed E-state index contributed by atoms with van der Waals surface area (Å²) in [5, 5.41) is 7.58. The van der Waals surface area contributed by atoms with Crippen molar-refractivity contribution in [3.05, 3.63) is 66.2 Å². The second kappa shape index (κ2) is 10.1. The molecule has 6 heteroatoms. The first-order valence-corrected chi connectivity index (χ1v) is 11.9. The van der Waals surface area contributed by atoms with Crippen LogP contribution in [0.1, 0.15) is 63.0 Å². The average molecular weight is 444 g/mol. The number of carbonyl (C=O) groups is 1. The molecule has 1 N–H and O–H groups in total. The van der Waals surface area contributed by atoms with Crippen molar-refractivity contribution in [3.63, 3.8) is 0 Å². The predicted molar refractivity (Wildman–Crippen MR) is 134 cm³/mol. The van der Waals surface area contributed by atoms with E-state index in [0.717, 1.165) is 73.0 Å². The van der Waals surface area contributed by atoms with Crippen LogP contribution in [0.25, 0.3) is 16.8 Å². The largest absolute Gasteiger partial charge is 0.294 e. The molecule has 1 spiro atoms. The number of hydrogen-bond donors (Lipinski definition) is 1. The van der Waals surface area contributed by atoms with Crippen molar-refractivity contribution in [1.29, 1.82) is 0 Å². The van der Waals surface area contributed by atoms with E-state index in [1.807, 2.05) is 23.1 Å². The first-order chi connectivity index (χ1) is 16.1. The third-order valence-corrected chi connectivity index (χ3v) is 6.63. The molecule has 1 fully saturated rings. The van der Waals surface area contributed by atoms with E-state index in [-0.39, 0.29) is 5.91 Å². The highest BCUT2D eigenvalue weighted by Gasteiger charge is 2.49. The molecule has 1 saturated carbocycles. The average Bonchev–Trinajstić information content (AvgIpc) is 3.42. The summed E-state index contributed by atoms with van der Waals surface area (Å²) in [5.74, 6) is 1.18. The lowest BCUT2D eigenvalue weighted by Crippen LogP contribution is -2.40. The Hall–Kier alpha value is -3.28. The summed E-state index contributed by atoms with van der Waals surface area (Å²) in [6, 6.07) is 16.5. The monoisotopic (exact) mass is 443 g/mol. The van der Waals surface area contributed by atoms with E-state index >= 15 is 0 Å². The molecule has 4 rings (SSSR count). The first kappa shape index (κ1) is 22.9. The van der Waals surface area contributed by atoms with Crippen LogP contribution in [0.15, 0.2) is 70.4 Å². The van der Waals surface area contributed by atoms with Crippen LogP contribution >= 0.6 is 0 Å². The number of amidine groups is 1. The van der Waals surface area contributed by atoms with Gasteiger partial charge in [0.15, 0.2) is 0 Å². The molecule has 172 valence electrons. The van der Waals surface area contributed by atoms with Gasteiger partial charge in [-0.3, -0.25) is 20.1 Å². The molecule has 2 aromatic carbocycles. The van der Waals surface area contributed by atoms with Gasteiger partial charge in [-0.05, 0) is 36.0 Å². The fourth-order valence-corrected chi connectivity index (χ4v) is 4.84. The number of benzene rings is 2. The van der Waals surface area contributed by atoms with Gasteiger partial charge in [0.25, 0.3) is 5.91 Å². The van der Waals surface area contributed by atoms with Crippen molar-refractivity contribution < 1.29 is 4.79 Å². The van der Waals surface area contributed by atoms with Crippen molar-refractivity contribution in [2.75, 3.05) is 7.05 Å². The van der Waals surface area contributed by atoms with E-state index in [1.165, 1.54) is 0 Å². The zero-order chi connectivity index (χ0) is 23.3. The van der Waals surface area contributed by atoms with E-state index in [0.29, 0.717) is 12.2 Å². The molecular weight excluding hydrogens is 410 g/mol. The molecule has 1 amide bonds. The summed E-state index contributed by atoms with van der Waals surface area (Å²) in [6.45, 7) is 6.85. The molecule has 33 heavy (non-hydrogen) atoms. The minimum absolute atomic E-state index is 0.202. The van der Waals surface area contributed by atoms with Gasteiger partial charge in [0, 0.05) is 12.0 Å². The van der Waals surface area contributed by atoms with Gasteiger partial charge >= 0.3 is 0 Å². The van der Waals surface area contributed by atoms with Gasteiger partial charge < -0.3 is 0 Å². The lowest BCUT2D eigenvalue weighted by Gasteiger charge is -2.23. The summed E-state index contributed by atoms with van der Waals surface area (Å²) in [6.07, 6.45) is 7.01. The maximum atomic E-state index is 13.4. The van der Waals surface area contributed by atoms with Gasteiger partial charge in [0.2, 0.25) is 0 Å². The van der Waals surface area contributed by atoms with Crippen LogP contribution in [0.3, 0.4) is 0 Å². The summed E-state index contributed by atoms with van der Waals surface area (Å²) in [5.41, 5.74) is 7.34. The molecule has 6 nitrogen and oxygen atoms in total. The van der Waals surface area contributed by atoms with Crippen LogP contribution in [0.5, 0.6) is 0 Å². The molecule has 1 aliphatic heterocycles. The highest BCUT2D eigenvalue weighted by molar-refractivity contribution is 6.08. The number of aliphatic imine (C=N–C) groups is 1. The molecule has 2 aliphatic rings. The zero-order valence-electron chi connectivity index (χ0n) is 19.7. The predicted octanol–water partition coefficient (Wildman–Crippen LogP) is 6.15. The molecule has 0 aromatic heterocycles. The summed E-state index contributed by atoms with van der Waals surface area (Å²) in [4.78, 5) is 20.3. The quantitative estimate of drug-likeness (QED) is 0.373. The molecule has 0 radical (unpaired) electrons. The Morgan fingerprint density at radius 3 is 2.58 bits per heavy atom. The van der Waals surface area contributed by atoms with Crippen molar-refractivity contribution >= 4 is 17.4 Å². The molecule has 1 heterocycles. The number of amides is 1. The van der Waals surface area contributed by atoms with Gasteiger partial charge in [-0.2, -0.15) is 5.11 Å². The van der Waals surface area contributed by atoms with Gasteiger partial charge in [-0.25, -0.2) is 0 Å². The van der Waals surface area contributed by atoms with E-state index in [2.05, 4.69) is 59.6 Å². The fourth-order valence-electron chi connectivity index (χ4n) is 4.84. The standard InChI is InChI=1S/C27H33N5O/c1-4-5-12-25-29-27(17-8-9-18-27)26(33)32(25)19-21-13-15-22(16-14-21)24-11-7-6-10-23(24)20(2)30-31-28-3/h6-7,10-11,13-16H,2,4-5,8-9,12,17-19H2,1,3H3,(H,28,30). The van der Waals surface area contributed by atoms with Gasteiger partial charge in [-0.15, -0.1) is 0 Å². The van der Waals surface area contributed by atoms with E-state index in [1.54, 1.807) is 7.05 Å². The Morgan fingerprint density at radius 1 is 1.15 bits per heavy atom. The van der Waals surface area contributed by atoms with E-state index < -0.39 is 5.54 Å². The third-order valence-electron chi connectivity index (χ3n) is 6.63. The Balaban J connectivity index is 1.54. The normalized spacial score (nSPS) is 17.2. The highest BCUT2D eigenvalue weighted by atomic mass is 16.2. The van der Waals surface area contributed by atoms with Gasteiger partial charge in [0.1, 0.15) is 11.4 Å². The van der Waals surface area contributed by atoms with Crippen LogP contribution < -0.4 is 5.43 Å². The minimum Gasteiger partial charge on any atom is -0.294 e. The maximum Gasteiger partial charge on any atom is 0.256 e. The molecule has 0 unspecified atom stereocenters. The molecular formula is C27H33N5O. The number of hydrogen-bond acceptors (Lipinski definition) is 4. The Kier molecular flexibility index (Phi) is 7.02. The van der Waals surface area contributed by atoms with Crippen LogP contribution in [0.2, 0.25) is 0 Å². The van der Waals surface area contributed by atoms with Crippen molar-refractivity contribution in [3.8, 4) is 11.1 Å². The highest BCUT2D eigenvalue weighted by Crippen LogP contribution is 2.40. The van der Waals surface area contributed by atoms with E-state index in [4.69, 9.17) is 4.99 Å². The lowest BCUT2D eigenvalue weighted by molar-refractivity contribution is -0.131. The molecule has 0 saturated heterocycles. The lowest BCUT2D eigenvalue weighted by atomic mass is 9.96. The van der Waals surface area contributed by atoms with Crippen molar-refractivity contribution in [2.45, 2.75) is 64.0 Å². The second-order valence-corrected chi connectivity index (χ2v) is 8.89. The number of carbonyl (C=O) groups excluding carboxylic acids is 1. The third kappa shape index (κ3) is 4.75. The van der Waals surface area contributed by atoms with Crippen LogP contribution in [-0.4, -0.2) is 29.2 Å². The topological polar surface area (TPSA) is 69.4 Å². The first-order valence-electron chi connectivity index (χ1n) is 11.9. The number of unbranched alkanes of at least 4 members (excludes halogenated alkanes) is 1.